The highest BCUT2D eigenvalue weighted by atomic mass is 16.5. The van der Waals surface area contributed by atoms with Gasteiger partial charge >= 0.3 is 0 Å². The summed E-state index contributed by atoms with van der Waals surface area (Å²) >= 11 is 0. The van der Waals surface area contributed by atoms with E-state index in [0.717, 1.165) is 12.0 Å². The van der Waals surface area contributed by atoms with Gasteiger partial charge in [0.1, 0.15) is 11.5 Å². The summed E-state index contributed by atoms with van der Waals surface area (Å²) < 4.78 is 21.5. The first-order chi connectivity index (χ1) is 13.0. The second kappa shape index (κ2) is 7.78. The maximum absolute atomic E-state index is 13.2. The smallest absolute Gasteiger partial charge is 0.258 e. The van der Waals surface area contributed by atoms with Gasteiger partial charge in [0.2, 0.25) is 0 Å². The maximum Gasteiger partial charge on any atom is 0.258 e. The highest BCUT2D eigenvalue weighted by molar-refractivity contribution is 5.97. The van der Waals surface area contributed by atoms with Gasteiger partial charge in [-0.2, -0.15) is 0 Å². The predicted octanol–water partition coefficient (Wildman–Crippen LogP) is 3.48. The lowest BCUT2D eigenvalue weighted by atomic mass is 9.92. The van der Waals surface area contributed by atoms with Crippen molar-refractivity contribution in [3.05, 3.63) is 47.0 Å². The molecule has 2 aromatic carbocycles. The number of hydrogen-bond acceptors (Lipinski definition) is 5. The molecule has 0 radical (unpaired) electrons. The minimum absolute atomic E-state index is 0.0672. The Kier molecular flexibility index (Phi) is 5.44. The van der Waals surface area contributed by atoms with Gasteiger partial charge in [0, 0.05) is 12.6 Å². The molecule has 1 heterocycles. The lowest BCUT2D eigenvalue weighted by Crippen LogP contribution is -2.39. The van der Waals surface area contributed by atoms with Crippen LogP contribution in [0.1, 0.15) is 34.5 Å². The Balaban J connectivity index is 1.95. The standard InChI is InChI=1S/C21H25NO5/c1-13-17-12-20(27-5)19(26-4)10-14(17)8-9-22(13)21(23)16-7-6-15(24-2)11-18(16)25-3/h6-7,10-13H,8-9H2,1-5H3/t13-/m0/s1. The van der Waals surface area contributed by atoms with E-state index in [-0.39, 0.29) is 11.9 Å². The summed E-state index contributed by atoms with van der Waals surface area (Å²) in [6.07, 6.45) is 0.754. The van der Waals surface area contributed by atoms with Crippen LogP contribution >= 0.6 is 0 Å². The molecule has 27 heavy (non-hydrogen) atoms. The van der Waals surface area contributed by atoms with Gasteiger partial charge in [-0.05, 0) is 48.7 Å². The van der Waals surface area contributed by atoms with E-state index in [1.165, 1.54) is 5.56 Å². The van der Waals surface area contributed by atoms with Gasteiger partial charge < -0.3 is 23.8 Å². The predicted molar refractivity (Wildman–Crippen MR) is 102 cm³/mol. The molecule has 6 nitrogen and oxygen atoms in total. The Labute approximate surface area is 159 Å². The Morgan fingerprint density at radius 3 is 2.22 bits per heavy atom. The summed E-state index contributed by atoms with van der Waals surface area (Å²) in [6, 6.07) is 9.12. The first-order valence-corrected chi connectivity index (χ1v) is 8.81. The second-order valence-corrected chi connectivity index (χ2v) is 6.40. The number of ether oxygens (including phenoxy) is 4. The highest BCUT2D eigenvalue weighted by Crippen LogP contribution is 2.39. The molecular formula is C21H25NO5. The summed E-state index contributed by atoms with van der Waals surface area (Å²) in [5.74, 6) is 2.46. The van der Waals surface area contributed by atoms with Crippen LogP contribution in [0.2, 0.25) is 0 Å². The fraction of sp³-hybridized carbons (Fsp3) is 0.381. The minimum Gasteiger partial charge on any atom is -0.497 e. The Morgan fingerprint density at radius 1 is 0.926 bits per heavy atom. The molecule has 1 aliphatic heterocycles. The lowest BCUT2D eigenvalue weighted by molar-refractivity contribution is 0.0674. The molecule has 0 saturated carbocycles. The van der Waals surface area contributed by atoms with E-state index in [4.69, 9.17) is 18.9 Å². The number of hydrogen-bond donors (Lipinski definition) is 0. The molecule has 0 aliphatic carbocycles. The van der Waals surface area contributed by atoms with Gasteiger partial charge in [-0.3, -0.25) is 4.79 Å². The molecule has 2 aromatic rings. The van der Waals surface area contributed by atoms with Crippen LogP contribution in [0.3, 0.4) is 0 Å². The Hall–Kier alpha value is -2.89. The summed E-state index contributed by atoms with van der Waals surface area (Å²) in [4.78, 5) is 15.1. The van der Waals surface area contributed by atoms with Crippen LogP contribution in [0, 0.1) is 0 Å². The molecule has 1 atom stereocenters. The molecule has 0 bridgehead atoms. The topological polar surface area (TPSA) is 57.2 Å². The molecule has 0 saturated heterocycles. The largest absolute Gasteiger partial charge is 0.497 e. The minimum atomic E-state index is -0.0899. The van der Waals surface area contributed by atoms with Crippen molar-refractivity contribution >= 4 is 5.91 Å². The zero-order valence-corrected chi connectivity index (χ0v) is 16.4. The average molecular weight is 371 g/mol. The normalized spacial score (nSPS) is 15.7. The summed E-state index contributed by atoms with van der Waals surface area (Å²) in [5.41, 5.74) is 2.76. The number of benzene rings is 2. The summed E-state index contributed by atoms with van der Waals surface area (Å²) in [7, 11) is 6.38. The molecule has 0 unspecified atom stereocenters. The highest BCUT2D eigenvalue weighted by Gasteiger charge is 2.31. The number of methoxy groups -OCH3 is 4. The molecule has 6 heteroatoms. The maximum atomic E-state index is 13.2. The van der Waals surface area contributed by atoms with E-state index in [0.29, 0.717) is 35.1 Å². The van der Waals surface area contributed by atoms with Crippen LogP contribution in [0.25, 0.3) is 0 Å². The molecule has 1 amide bonds. The van der Waals surface area contributed by atoms with Crippen molar-refractivity contribution in [1.82, 2.24) is 4.90 Å². The van der Waals surface area contributed by atoms with Crippen molar-refractivity contribution in [2.45, 2.75) is 19.4 Å². The van der Waals surface area contributed by atoms with E-state index in [1.807, 2.05) is 24.0 Å². The first-order valence-electron chi connectivity index (χ1n) is 8.81. The number of rotatable bonds is 5. The number of fused-ring (bicyclic) bond motifs is 1. The SMILES string of the molecule is COc1ccc(C(=O)N2CCc3cc(OC)c(OC)cc3[C@@H]2C)c(OC)c1. The van der Waals surface area contributed by atoms with Gasteiger partial charge in [0.15, 0.2) is 11.5 Å². The van der Waals surface area contributed by atoms with Gasteiger partial charge in [0.05, 0.1) is 40.0 Å². The molecule has 0 spiro atoms. The van der Waals surface area contributed by atoms with E-state index in [1.54, 1.807) is 46.6 Å². The number of amides is 1. The van der Waals surface area contributed by atoms with Gasteiger partial charge in [-0.1, -0.05) is 0 Å². The molecule has 3 rings (SSSR count). The third-order valence-electron chi connectivity index (χ3n) is 5.08. The van der Waals surface area contributed by atoms with E-state index < -0.39 is 0 Å². The van der Waals surface area contributed by atoms with E-state index in [9.17, 15) is 4.79 Å². The molecule has 0 aromatic heterocycles. The van der Waals surface area contributed by atoms with Crippen LogP contribution in [-0.2, 0) is 6.42 Å². The van der Waals surface area contributed by atoms with Crippen molar-refractivity contribution in [2.24, 2.45) is 0 Å². The number of carbonyl (C=O) groups is 1. The lowest BCUT2D eigenvalue weighted by Gasteiger charge is -2.36. The van der Waals surface area contributed by atoms with E-state index in [2.05, 4.69) is 0 Å². The van der Waals surface area contributed by atoms with Gasteiger partial charge in [-0.25, -0.2) is 0 Å². The zero-order chi connectivity index (χ0) is 19.6. The van der Waals surface area contributed by atoms with E-state index >= 15 is 0 Å². The third-order valence-corrected chi connectivity index (χ3v) is 5.08. The van der Waals surface area contributed by atoms with Crippen LogP contribution < -0.4 is 18.9 Å². The fourth-order valence-corrected chi connectivity index (χ4v) is 3.55. The molecule has 0 N–H and O–H groups in total. The first kappa shape index (κ1) is 18.9. The number of nitrogens with zero attached hydrogens (tertiary/aromatic N) is 1. The number of carbonyl (C=O) groups excluding carboxylic acids is 1. The Morgan fingerprint density at radius 2 is 1.59 bits per heavy atom. The zero-order valence-electron chi connectivity index (χ0n) is 16.4. The second-order valence-electron chi connectivity index (χ2n) is 6.40. The quantitative estimate of drug-likeness (QED) is 0.805. The monoisotopic (exact) mass is 371 g/mol. The summed E-state index contributed by atoms with van der Waals surface area (Å²) in [6.45, 7) is 2.65. The molecule has 144 valence electrons. The van der Waals surface area contributed by atoms with Crippen molar-refractivity contribution in [2.75, 3.05) is 35.0 Å². The van der Waals surface area contributed by atoms with Gasteiger partial charge in [-0.15, -0.1) is 0 Å². The molecule has 0 fully saturated rings. The van der Waals surface area contributed by atoms with Crippen LogP contribution in [-0.4, -0.2) is 45.8 Å². The van der Waals surface area contributed by atoms with Crippen LogP contribution in [0.4, 0.5) is 0 Å². The average Bonchev–Trinajstić information content (AvgIpc) is 2.72. The molecular weight excluding hydrogens is 346 g/mol. The van der Waals surface area contributed by atoms with Gasteiger partial charge in [0.25, 0.3) is 5.91 Å². The third kappa shape index (κ3) is 3.39. The summed E-state index contributed by atoms with van der Waals surface area (Å²) in [5, 5.41) is 0. The molecule has 1 aliphatic rings. The van der Waals surface area contributed by atoms with Crippen molar-refractivity contribution in [3.8, 4) is 23.0 Å². The van der Waals surface area contributed by atoms with Crippen LogP contribution in [0.15, 0.2) is 30.3 Å². The van der Waals surface area contributed by atoms with Crippen molar-refractivity contribution in [1.29, 1.82) is 0 Å². The van der Waals surface area contributed by atoms with Crippen molar-refractivity contribution < 1.29 is 23.7 Å². The van der Waals surface area contributed by atoms with Crippen LogP contribution in [0.5, 0.6) is 23.0 Å². The van der Waals surface area contributed by atoms with Crippen molar-refractivity contribution in [3.63, 3.8) is 0 Å². The fourth-order valence-electron chi connectivity index (χ4n) is 3.55. The Bertz CT molecular complexity index is 849.